The van der Waals surface area contributed by atoms with Crippen LogP contribution in [0.15, 0.2) is 12.2 Å². The smallest absolute Gasteiger partial charge is 0.305 e. The molecule has 0 aliphatic heterocycles. The SMILES string of the molecule is CCCCC(F)(F)C(=O)CC[C@H]1CCC(=O)[C@@H]1CC=CCCCC(=O)OC. The molecule has 0 heterocycles. The first-order chi connectivity index (χ1) is 12.8. The van der Waals surface area contributed by atoms with Crippen molar-refractivity contribution >= 4 is 17.5 Å². The van der Waals surface area contributed by atoms with Crippen LogP contribution in [-0.4, -0.2) is 30.6 Å². The van der Waals surface area contributed by atoms with E-state index in [0.717, 1.165) is 6.42 Å². The van der Waals surface area contributed by atoms with Crippen LogP contribution >= 0.6 is 0 Å². The van der Waals surface area contributed by atoms with E-state index in [1.54, 1.807) is 0 Å². The summed E-state index contributed by atoms with van der Waals surface area (Å²) in [4.78, 5) is 35.0. The van der Waals surface area contributed by atoms with Gasteiger partial charge in [-0.3, -0.25) is 14.4 Å². The molecule has 1 rings (SSSR count). The molecule has 2 atom stereocenters. The second kappa shape index (κ2) is 12.0. The van der Waals surface area contributed by atoms with Gasteiger partial charge in [-0.15, -0.1) is 0 Å². The Kier molecular flexibility index (Phi) is 10.4. The van der Waals surface area contributed by atoms with Crippen LogP contribution < -0.4 is 0 Å². The van der Waals surface area contributed by atoms with Gasteiger partial charge in [0.2, 0.25) is 5.78 Å². The van der Waals surface area contributed by atoms with Crippen LogP contribution in [0.3, 0.4) is 0 Å². The molecule has 0 saturated heterocycles. The largest absolute Gasteiger partial charge is 0.469 e. The average Bonchev–Trinajstić information content (AvgIpc) is 3.00. The average molecular weight is 386 g/mol. The summed E-state index contributed by atoms with van der Waals surface area (Å²) in [6.45, 7) is 1.82. The number of carbonyl (C=O) groups excluding carboxylic acids is 3. The van der Waals surface area contributed by atoms with Gasteiger partial charge in [0.05, 0.1) is 7.11 Å². The number of carbonyl (C=O) groups is 3. The molecular formula is C21H32F2O4. The Morgan fingerprint density at radius 1 is 1.22 bits per heavy atom. The number of ketones is 2. The Balaban J connectivity index is 2.41. The number of rotatable bonds is 13. The minimum absolute atomic E-state index is 0.00291. The van der Waals surface area contributed by atoms with Crippen LogP contribution in [0, 0.1) is 11.8 Å². The summed E-state index contributed by atoms with van der Waals surface area (Å²) in [6.07, 6.45) is 8.13. The monoisotopic (exact) mass is 386 g/mol. The van der Waals surface area contributed by atoms with Crippen molar-refractivity contribution in [3.8, 4) is 0 Å². The zero-order chi connectivity index (χ0) is 20.3. The zero-order valence-corrected chi connectivity index (χ0v) is 16.5. The van der Waals surface area contributed by atoms with Crippen LogP contribution in [0.4, 0.5) is 8.78 Å². The number of alkyl halides is 2. The maximum absolute atomic E-state index is 13.8. The summed E-state index contributed by atoms with van der Waals surface area (Å²) in [5.74, 6) is -4.50. The third kappa shape index (κ3) is 8.31. The molecule has 1 aliphatic rings. The number of hydrogen-bond acceptors (Lipinski definition) is 4. The number of esters is 1. The highest BCUT2D eigenvalue weighted by Crippen LogP contribution is 2.36. The third-order valence-electron chi connectivity index (χ3n) is 5.27. The molecule has 1 fully saturated rings. The lowest BCUT2D eigenvalue weighted by molar-refractivity contribution is -0.144. The number of hydrogen-bond donors (Lipinski definition) is 0. The summed E-state index contributed by atoms with van der Waals surface area (Å²) in [6, 6.07) is 0. The van der Waals surface area contributed by atoms with Gasteiger partial charge in [-0.1, -0.05) is 25.5 Å². The third-order valence-corrected chi connectivity index (χ3v) is 5.27. The highest BCUT2D eigenvalue weighted by Gasteiger charge is 2.39. The van der Waals surface area contributed by atoms with Gasteiger partial charge in [0.15, 0.2) is 0 Å². The Hall–Kier alpha value is -1.59. The maximum atomic E-state index is 13.8. The fourth-order valence-electron chi connectivity index (χ4n) is 3.51. The van der Waals surface area contributed by atoms with Gasteiger partial charge < -0.3 is 4.74 Å². The standard InChI is InChI=1S/C21H32F2O4/c1-3-4-15-21(22,23)19(25)14-12-16-11-13-18(24)17(16)9-7-5-6-8-10-20(26)27-2/h5,7,16-17H,3-4,6,8-15H2,1-2H3/t16-,17-/m1/s1. The summed E-state index contributed by atoms with van der Waals surface area (Å²) < 4.78 is 32.2. The number of methoxy groups -OCH3 is 1. The van der Waals surface area contributed by atoms with Gasteiger partial charge in [-0.2, -0.15) is 8.78 Å². The van der Waals surface area contributed by atoms with Gasteiger partial charge in [0.1, 0.15) is 5.78 Å². The Bertz CT molecular complexity index is 528. The van der Waals surface area contributed by atoms with E-state index < -0.39 is 11.7 Å². The molecule has 0 N–H and O–H groups in total. The molecule has 1 aliphatic carbocycles. The van der Waals surface area contributed by atoms with E-state index >= 15 is 0 Å². The second-order valence-corrected chi connectivity index (χ2v) is 7.32. The van der Waals surface area contributed by atoms with E-state index in [1.807, 2.05) is 19.1 Å². The number of ether oxygens (including phenoxy) is 1. The van der Waals surface area contributed by atoms with Crippen molar-refractivity contribution < 1.29 is 27.9 Å². The van der Waals surface area contributed by atoms with Crippen molar-refractivity contribution in [2.75, 3.05) is 7.11 Å². The molecule has 4 nitrogen and oxygen atoms in total. The molecule has 0 aromatic carbocycles. The van der Waals surface area contributed by atoms with E-state index in [-0.39, 0.29) is 36.4 Å². The number of unbranched alkanes of at least 4 members (excludes halogenated alkanes) is 2. The number of halogens is 2. The fraction of sp³-hybridized carbons (Fsp3) is 0.762. The van der Waals surface area contributed by atoms with Crippen molar-refractivity contribution in [3.05, 3.63) is 12.2 Å². The molecule has 0 bridgehead atoms. The van der Waals surface area contributed by atoms with Gasteiger partial charge in [-0.25, -0.2) is 0 Å². The van der Waals surface area contributed by atoms with E-state index in [1.165, 1.54) is 7.11 Å². The quantitative estimate of drug-likeness (QED) is 0.253. The van der Waals surface area contributed by atoms with Crippen molar-refractivity contribution in [1.82, 2.24) is 0 Å². The number of allylic oxidation sites excluding steroid dienone is 2. The first kappa shape index (κ1) is 23.4. The first-order valence-electron chi connectivity index (χ1n) is 9.97. The molecule has 0 aromatic heterocycles. The normalized spacial score (nSPS) is 20.4. The molecule has 6 heteroatoms. The Morgan fingerprint density at radius 2 is 1.96 bits per heavy atom. The molecule has 0 radical (unpaired) electrons. The minimum Gasteiger partial charge on any atom is -0.469 e. The molecule has 0 amide bonds. The zero-order valence-electron chi connectivity index (χ0n) is 16.5. The molecule has 27 heavy (non-hydrogen) atoms. The maximum Gasteiger partial charge on any atom is 0.305 e. The van der Waals surface area contributed by atoms with Gasteiger partial charge in [0, 0.05) is 31.6 Å². The summed E-state index contributed by atoms with van der Waals surface area (Å²) in [5.41, 5.74) is 0. The van der Waals surface area contributed by atoms with Crippen molar-refractivity contribution in [3.63, 3.8) is 0 Å². The molecule has 0 spiro atoms. The molecule has 0 aromatic rings. The first-order valence-corrected chi connectivity index (χ1v) is 9.97. The number of Topliss-reactive ketones (excluding diaryl/α,β-unsaturated/α-hetero) is 2. The Morgan fingerprint density at radius 3 is 2.63 bits per heavy atom. The fourth-order valence-corrected chi connectivity index (χ4v) is 3.51. The lowest BCUT2D eigenvalue weighted by Gasteiger charge is -2.19. The van der Waals surface area contributed by atoms with Crippen LogP contribution in [0.1, 0.15) is 77.6 Å². The van der Waals surface area contributed by atoms with E-state index in [2.05, 4.69) is 4.74 Å². The molecule has 0 unspecified atom stereocenters. The van der Waals surface area contributed by atoms with Gasteiger partial charge in [0.25, 0.3) is 0 Å². The van der Waals surface area contributed by atoms with Crippen molar-refractivity contribution in [2.24, 2.45) is 11.8 Å². The predicted molar refractivity (Wildman–Crippen MR) is 99.6 cm³/mol. The van der Waals surface area contributed by atoms with Crippen LogP contribution in [0.2, 0.25) is 0 Å². The van der Waals surface area contributed by atoms with E-state index in [9.17, 15) is 23.2 Å². The van der Waals surface area contributed by atoms with Crippen molar-refractivity contribution in [1.29, 1.82) is 0 Å². The van der Waals surface area contributed by atoms with Crippen LogP contribution in [-0.2, 0) is 19.1 Å². The minimum atomic E-state index is -3.24. The highest BCUT2D eigenvalue weighted by molar-refractivity contribution is 5.86. The highest BCUT2D eigenvalue weighted by atomic mass is 19.3. The van der Waals surface area contributed by atoms with E-state index in [4.69, 9.17) is 0 Å². The molecule has 1 saturated carbocycles. The summed E-state index contributed by atoms with van der Waals surface area (Å²) >= 11 is 0. The van der Waals surface area contributed by atoms with Crippen LogP contribution in [0.5, 0.6) is 0 Å². The van der Waals surface area contributed by atoms with Gasteiger partial charge >= 0.3 is 11.9 Å². The van der Waals surface area contributed by atoms with Gasteiger partial charge in [-0.05, 0) is 44.4 Å². The lowest BCUT2D eigenvalue weighted by atomic mass is 9.87. The van der Waals surface area contributed by atoms with E-state index in [0.29, 0.717) is 51.4 Å². The summed E-state index contributed by atoms with van der Waals surface area (Å²) in [5, 5.41) is 0. The van der Waals surface area contributed by atoms with Crippen LogP contribution in [0.25, 0.3) is 0 Å². The molecule has 154 valence electrons. The Labute approximate surface area is 160 Å². The van der Waals surface area contributed by atoms with Crippen molar-refractivity contribution in [2.45, 2.75) is 83.5 Å². The topological polar surface area (TPSA) is 60.4 Å². The lowest BCUT2D eigenvalue weighted by Crippen LogP contribution is -2.29. The molecular weight excluding hydrogens is 354 g/mol. The summed E-state index contributed by atoms with van der Waals surface area (Å²) in [7, 11) is 1.36. The second-order valence-electron chi connectivity index (χ2n) is 7.32. The predicted octanol–water partition coefficient (Wildman–Crippen LogP) is 5.05.